The number of carbonyl (C=O) groups excluding carboxylic acids is 3. The second kappa shape index (κ2) is 7.20. The van der Waals surface area contributed by atoms with E-state index < -0.39 is 11.8 Å². The topological polar surface area (TPSA) is 92.5 Å². The standard InChI is InChI=1S/C11H18ClN3O3/c12-4-1-5-14-10(17)11(18)15-6-2-8(3-7-15)9(13)16/h8H,1-7H2,(H2,13,16)(H,14,17). The Balaban J connectivity index is 2.35. The lowest BCUT2D eigenvalue weighted by molar-refractivity contribution is -0.147. The number of amides is 3. The van der Waals surface area contributed by atoms with Gasteiger partial charge >= 0.3 is 11.8 Å². The molecule has 0 radical (unpaired) electrons. The fourth-order valence-corrected chi connectivity index (χ4v) is 1.99. The van der Waals surface area contributed by atoms with E-state index in [1.807, 2.05) is 0 Å². The fourth-order valence-electron chi connectivity index (χ4n) is 1.86. The van der Waals surface area contributed by atoms with E-state index in [0.717, 1.165) is 0 Å². The number of alkyl halides is 1. The highest BCUT2D eigenvalue weighted by molar-refractivity contribution is 6.35. The molecule has 0 saturated carbocycles. The lowest BCUT2D eigenvalue weighted by Crippen LogP contribution is -2.48. The Labute approximate surface area is 111 Å². The fraction of sp³-hybridized carbons (Fsp3) is 0.727. The van der Waals surface area contributed by atoms with Crippen LogP contribution in [0.4, 0.5) is 0 Å². The Kier molecular flexibility index (Phi) is 5.91. The summed E-state index contributed by atoms with van der Waals surface area (Å²) in [6, 6.07) is 0. The Morgan fingerprint density at radius 1 is 1.28 bits per heavy atom. The molecule has 6 nitrogen and oxygen atoms in total. The van der Waals surface area contributed by atoms with Crippen LogP contribution in [0.25, 0.3) is 0 Å². The lowest BCUT2D eigenvalue weighted by Gasteiger charge is -2.29. The number of carbonyl (C=O) groups is 3. The molecule has 3 amide bonds. The molecule has 0 bridgehead atoms. The maximum atomic E-state index is 11.7. The van der Waals surface area contributed by atoms with Crippen molar-refractivity contribution in [3.8, 4) is 0 Å². The summed E-state index contributed by atoms with van der Waals surface area (Å²) in [6.07, 6.45) is 1.68. The number of hydrogen-bond donors (Lipinski definition) is 2. The van der Waals surface area contributed by atoms with Gasteiger partial charge in [0.1, 0.15) is 0 Å². The quantitative estimate of drug-likeness (QED) is 0.410. The van der Waals surface area contributed by atoms with Gasteiger partial charge in [-0.1, -0.05) is 0 Å². The van der Waals surface area contributed by atoms with Crippen LogP contribution in [0, 0.1) is 5.92 Å². The number of primary amides is 1. The number of nitrogens with two attached hydrogens (primary N) is 1. The highest BCUT2D eigenvalue weighted by Gasteiger charge is 2.28. The molecule has 0 aromatic rings. The van der Waals surface area contributed by atoms with Crippen LogP contribution in [-0.4, -0.2) is 48.1 Å². The van der Waals surface area contributed by atoms with E-state index in [0.29, 0.717) is 44.8 Å². The number of likely N-dealkylation sites (tertiary alicyclic amines) is 1. The molecule has 7 heteroatoms. The summed E-state index contributed by atoms with van der Waals surface area (Å²) in [7, 11) is 0. The van der Waals surface area contributed by atoms with Gasteiger partial charge in [-0.25, -0.2) is 0 Å². The zero-order chi connectivity index (χ0) is 13.5. The highest BCUT2D eigenvalue weighted by atomic mass is 35.5. The molecule has 1 fully saturated rings. The van der Waals surface area contributed by atoms with Gasteiger partial charge in [0, 0.05) is 31.4 Å². The average Bonchev–Trinajstić information content (AvgIpc) is 2.38. The first-order valence-electron chi connectivity index (χ1n) is 5.98. The van der Waals surface area contributed by atoms with Crippen LogP contribution in [0.15, 0.2) is 0 Å². The van der Waals surface area contributed by atoms with Crippen molar-refractivity contribution in [3.63, 3.8) is 0 Å². The van der Waals surface area contributed by atoms with E-state index in [2.05, 4.69) is 5.32 Å². The van der Waals surface area contributed by atoms with Crippen LogP contribution in [0.2, 0.25) is 0 Å². The normalized spacial score (nSPS) is 16.4. The van der Waals surface area contributed by atoms with Crippen molar-refractivity contribution in [1.29, 1.82) is 0 Å². The van der Waals surface area contributed by atoms with E-state index in [-0.39, 0.29) is 11.8 Å². The Morgan fingerprint density at radius 2 is 1.89 bits per heavy atom. The lowest BCUT2D eigenvalue weighted by atomic mass is 9.96. The Morgan fingerprint density at radius 3 is 2.39 bits per heavy atom. The van der Waals surface area contributed by atoms with Gasteiger partial charge < -0.3 is 16.0 Å². The van der Waals surface area contributed by atoms with Crippen LogP contribution >= 0.6 is 11.6 Å². The maximum Gasteiger partial charge on any atom is 0.311 e. The van der Waals surface area contributed by atoms with E-state index in [1.54, 1.807) is 0 Å². The van der Waals surface area contributed by atoms with Crippen molar-refractivity contribution in [3.05, 3.63) is 0 Å². The Hall–Kier alpha value is -1.30. The number of halogens is 1. The molecule has 18 heavy (non-hydrogen) atoms. The molecule has 0 spiro atoms. The monoisotopic (exact) mass is 275 g/mol. The maximum absolute atomic E-state index is 11.7. The summed E-state index contributed by atoms with van der Waals surface area (Å²) in [6.45, 7) is 1.19. The molecule has 1 saturated heterocycles. The van der Waals surface area contributed by atoms with Crippen LogP contribution in [0.1, 0.15) is 19.3 Å². The second-order valence-electron chi connectivity index (χ2n) is 4.27. The minimum atomic E-state index is -0.613. The SMILES string of the molecule is NC(=O)C1CCN(C(=O)C(=O)NCCCCl)CC1. The molecule has 0 aromatic heterocycles. The largest absolute Gasteiger partial charge is 0.369 e. The van der Waals surface area contributed by atoms with Gasteiger partial charge in [0.15, 0.2) is 0 Å². The molecular weight excluding hydrogens is 258 g/mol. The summed E-state index contributed by atoms with van der Waals surface area (Å²) in [4.78, 5) is 35.6. The predicted molar refractivity (Wildman–Crippen MR) is 66.8 cm³/mol. The van der Waals surface area contributed by atoms with Crippen LogP contribution in [-0.2, 0) is 14.4 Å². The van der Waals surface area contributed by atoms with E-state index in [1.165, 1.54) is 4.90 Å². The number of piperidine rings is 1. The summed E-state index contributed by atoms with van der Waals surface area (Å²) in [5.74, 6) is -1.24. The number of nitrogens with zero attached hydrogens (tertiary/aromatic N) is 1. The first-order valence-corrected chi connectivity index (χ1v) is 6.52. The summed E-state index contributed by atoms with van der Waals surface area (Å²) >= 11 is 5.47. The number of rotatable bonds is 4. The molecule has 1 aliphatic rings. The van der Waals surface area contributed by atoms with Crippen LogP contribution in [0.5, 0.6) is 0 Å². The molecule has 3 N–H and O–H groups in total. The third-order valence-corrected chi connectivity index (χ3v) is 3.24. The van der Waals surface area contributed by atoms with Gasteiger partial charge in [-0.05, 0) is 19.3 Å². The van der Waals surface area contributed by atoms with Crippen molar-refractivity contribution in [1.82, 2.24) is 10.2 Å². The molecule has 0 aromatic carbocycles. The molecule has 1 aliphatic heterocycles. The van der Waals surface area contributed by atoms with Gasteiger partial charge in [-0.3, -0.25) is 14.4 Å². The molecule has 102 valence electrons. The van der Waals surface area contributed by atoms with Gasteiger partial charge in [0.25, 0.3) is 0 Å². The van der Waals surface area contributed by atoms with Gasteiger partial charge in [0.2, 0.25) is 5.91 Å². The Bertz CT molecular complexity index is 327. The van der Waals surface area contributed by atoms with Crippen molar-refractivity contribution < 1.29 is 14.4 Å². The first kappa shape index (κ1) is 14.8. The highest BCUT2D eigenvalue weighted by Crippen LogP contribution is 2.16. The molecule has 0 aliphatic carbocycles. The minimum Gasteiger partial charge on any atom is -0.369 e. The number of hydrogen-bond acceptors (Lipinski definition) is 3. The van der Waals surface area contributed by atoms with Crippen LogP contribution < -0.4 is 11.1 Å². The van der Waals surface area contributed by atoms with E-state index >= 15 is 0 Å². The molecule has 0 atom stereocenters. The van der Waals surface area contributed by atoms with Crippen LogP contribution in [0.3, 0.4) is 0 Å². The molecule has 0 unspecified atom stereocenters. The zero-order valence-corrected chi connectivity index (χ0v) is 10.9. The zero-order valence-electron chi connectivity index (χ0n) is 10.2. The van der Waals surface area contributed by atoms with Gasteiger partial charge in [-0.15, -0.1) is 11.6 Å². The second-order valence-corrected chi connectivity index (χ2v) is 4.65. The molecule has 1 heterocycles. The average molecular weight is 276 g/mol. The van der Waals surface area contributed by atoms with Crippen molar-refractivity contribution in [2.75, 3.05) is 25.5 Å². The summed E-state index contributed by atoms with van der Waals surface area (Å²) in [5.41, 5.74) is 5.20. The van der Waals surface area contributed by atoms with Gasteiger partial charge in [-0.2, -0.15) is 0 Å². The van der Waals surface area contributed by atoms with Crippen molar-refractivity contribution in [2.24, 2.45) is 11.7 Å². The number of nitrogens with one attached hydrogen (secondary N) is 1. The molecular formula is C11H18ClN3O3. The predicted octanol–water partition coefficient (Wildman–Crippen LogP) is -0.545. The molecule has 1 rings (SSSR count). The van der Waals surface area contributed by atoms with Gasteiger partial charge in [0.05, 0.1) is 0 Å². The summed E-state index contributed by atoms with van der Waals surface area (Å²) < 4.78 is 0. The van der Waals surface area contributed by atoms with E-state index in [9.17, 15) is 14.4 Å². The van der Waals surface area contributed by atoms with Crippen molar-refractivity contribution in [2.45, 2.75) is 19.3 Å². The van der Waals surface area contributed by atoms with E-state index in [4.69, 9.17) is 17.3 Å². The minimum absolute atomic E-state index is 0.187. The first-order chi connectivity index (χ1) is 8.56. The third kappa shape index (κ3) is 4.18. The smallest absolute Gasteiger partial charge is 0.311 e. The third-order valence-electron chi connectivity index (χ3n) is 2.97. The summed E-state index contributed by atoms with van der Waals surface area (Å²) in [5, 5.41) is 2.51. The van der Waals surface area contributed by atoms with Crippen molar-refractivity contribution >= 4 is 29.3 Å².